The van der Waals surface area contributed by atoms with E-state index in [1.165, 1.54) is 18.2 Å². The SMILES string of the molecule is OCC(O)CNc1ccc(SC(F)(F)F)c(Cl)c1. The molecule has 8 heteroatoms. The van der Waals surface area contributed by atoms with Crippen LogP contribution in [0.5, 0.6) is 0 Å². The van der Waals surface area contributed by atoms with Gasteiger partial charge in [-0.15, -0.1) is 0 Å². The second kappa shape index (κ2) is 6.51. The molecule has 3 N–H and O–H groups in total. The fraction of sp³-hybridized carbons (Fsp3) is 0.400. The summed E-state index contributed by atoms with van der Waals surface area (Å²) in [7, 11) is 0. The van der Waals surface area contributed by atoms with E-state index in [9.17, 15) is 13.2 Å². The van der Waals surface area contributed by atoms with Crippen molar-refractivity contribution in [3.05, 3.63) is 23.2 Å². The van der Waals surface area contributed by atoms with Gasteiger partial charge in [-0.2, -0.15) is 13.2 Å². The first-order valence-electron chi connectivity index (χ1n) is 4.90. The van der Waals surface area contributed by atoms with Crippen LogP contribution in [0.4, 0.5) is 18.9 Å². The summed E-state index contributed by atoms with van der Waals surface area (Å²) < 4.78 is 36.4. The summed E-state index contributed by atoms with van der Waals surface area (Å²) in [6, 6.07) is 4.00. The van der Waals surface area contributed by atoms with Crippen LogP contribution in [0.2, 0.25) is 5.02 Å². The van der Waals surface area contributed by atoms with Crippen molar-refractivity contribution in [3.63, 3.8) is 0 Å². The molecule has 1 unspecified atom stereocenters. The van der Waals surface area contributed by atoms with E-state index >= 15 is 0 Å². The van der Waals surface area contributed by atoms with E-state index in [1.54, 1.807) is 0 Å². The van der Waals surface area contributed by atoms with Crippen molar-refractivity contribution in [2.75, 3.05) is 18.5 Å². The highest BCUT2D eigenvalue weighted by Gasteiger charge is 2.30. The Morgan fingerprint density at radius 2 is 2.06 bits per heavy atom. The van der Waals surface area contributed by atoms with Crippen molar-refractivity contribution in [1.29, 1.82) is 0 Å². The molecule has 18 heavy (non-hydrogen) atoms. The Morgan fingerprint density at radius 3 is 2.56 bits per heavy atom. The summed E-state index contributed by atoms with van der Waals surface area (Å²) >= 11 is 5.43. The van der Waals surface area contributed by atoms with Crippen LogP contribution in [0, 0.1) is 0 Å². The topological polar surface area (TPSA) is 52.5 Å². The van der Waals surface area contributed by atoms with Gasteiger partial charge in [0.1, 0.15) is 0 Å². The maximum absolute atomic E-state index is 12.1. The van der Waals surface area contributed by atoms with Crippen molar-refractivity contribution in [2.45, 2.75) is 16.5 Å². The first-order valence-corrected chi connectivity index (χ1v) is 6.09. The van der Waals surface area contributed by atoms with E-state index in [-0.39, 0.29) is 28.2 Å². The van der Waals surface area contributed by atoms with Gasteiger partial charge in [-0.25, -0.2) is 0 Å². The van der Waals surface area contributed by atoms with E-state index < -0.39 is 18.2 Å². The van der Waals surface area contributed by atoms with E-state index in [4.69, 9.17) is 21.8 Å². The maximum atomic E-state index is 12.1. The number of halogens is 4. The summed E-state index contributed by atoms with van der Waals surface area (Å²) in [5.41, 5.74) is -3.91. The minimum atomic E-state index is -4.38. The Kier molecular flexibility index (Phi) is 5.58. The Hall–Kier alpha value is -0.630. The molecule has 0 aliphatic heterocycles. The first kappa shape index (κ1) is 15.4. The van der Waals surface area contributed by atoms with Gasteiger partial charge in [0.25, 0.3) is 0 Å². The van der Waals surface area contributed by atoms with Crippen molar-refractivity contribution in [3.8, 4) is 0 Å². The van der Waals surface area contributed by atoms with Gasteiger partial charge in [-0.05, 0) is 30.0 Å². The number of aliphatic hydroxyl groups is 2. The van der Waals surface area contributed by atoms with Crippen molar-refractivity contribution >= 4 is 29.1 Å². The number of anilines is 1. The molecule has 0 spiro atoms. The van der Waals surface area contributed by atoms with Crippen LogP contribution < -0.4 is 5.32 Å². The van der Waals surface area contributed by atoms with Crippen molar-refractivity contribution in [1.82, 2.24) is 0 Å². The van der Waals surface area contributed by atoms with E-state index in [0.29, 0.717) is 5.69 Å². The summed E-state index contributed by atoms with van der Waals surface area (Å²) in [6.07, 6.45) is -0.937. The van der Waals surface area contributed by atoms with Crippen LogP contribution >= 0.6 is 23.4 Å². The maximum Gasteiger partial charge on any atom is 0.446 e. The van der Waals surface area contributed by atoms with Crippen molar-refractivity contribution < 1.29 is 23.4 Å². The molecule has 1 rings (SSSR count). The Labute approximate surface area is 111 Å². The third-order valence-corrected chi connectivity index (χ3v) is 3.14. The zero-order valence-electron chi connectivity index (χ0n) is 9.04. The number of benzene rings is 1. The highest BCUT2D eigenvalue weighted by atomic mass is 35.5. The molecule has 0 aromatic heterocycles. The monoisotopic (exact) mass is 301 g/mol. The molecule has 0 bridgehead atoms. The molecule has 0 radical (unpaired) electrons. The molecule has 102 valence electrons. The summed E-state index contributed by atoms with van der Waals surface area (Å²) in [6.45, 7) is -0.318. The lowest BCUT2D eigenvalue weighted by Gasteiger charge is -2.12. The fourth-order valence-electron chi connectivity index (χ4n) is 1.12. The lowest BCUT2D eigenvalue weighted by molar-refractivity contribution is -0.0328. The van der Waals surface area contributed by atoms with E-state index in [1.807, 2.05) is 0 Å². The molecule has 1 aromatic carbocycles. The Morgan fingerprint density at radius 1 is 1.39 bits per heavy atom. The van der Waals surface area contributed by atoms with Crippen LogP contribution in [-0.4, -0.2) is 35.0 Å². The summed E-state index contributed by atoms with van der Waals surface area (Å²) in [5.74, 6) is 0. The number of hydrogen-bond donors (Lipinski definition) is 3. The lowest BCUT2D eigenvalue weighted by atomic mass is 10.3. The number of nitrogens with one attached hydrogen (secondary N) is 1. The standard InChI is InChI=1S/C10H11ClF3NO2S/c11-8-3-6(15-4-7(17)5-16)1-2-9(8)18-10(12,13)14/h1-3,7,15-17H,4-5H2. The van der Waals surface area contributed by atoms with Crippen LogP contribution in [0.15, 0.2) is 23.1 Å². The normalized spacial score (nSPS) is 13.4. The molecule has 0 saturated carbocycles. The molecule has 0 amide bonds. The van der Waals surface area contributed by atoms with Gasteiger partial charge in [0.05, 0.1) is 17.7 Å². The molecular formula is C10H11ClF3NO2S. The highest BCUT2D eigenvalue weighted by molar-refractivity contribution is 8.00. The molecule has 0 fully saturated rings. The molecule has 3 nitrogen and oxygen atoms in total. The smallest absolute Gasteiger partial charge is 0.394 e. The lowest BCUT2D eigenvalue weighted by Crippen LogP contribution is -2.22. The zero-order chi connectivity index (χ0) is 13.8. The number of aliphatic hydroxyl groups excluding tert-OH is 2. The average Bonchev–Trinajstić information content (AvgIpc) is 2.27. The van der Waals surface area contributed by atoms with Crippen molar-refractivity contribution in [2.24, 2.45) is 0 Å². The van der Waals surface area contributed by atoms with Crippen LogP contribution in [0.3, 0.4) is 0 Å². The third kappa shape index (κ3) is 5.34. The highest BCUT2D eigenvalue weighted by Crippen LogP contribution is 2.40. The number of alkyl halides is 3. The predicted octanol–water partition coefficient (Wildman–Crippen LogP) is 2.72. The van der Waals surface area contributed by atoms with Gasteiger partial charge < -0.3 is 15.5 Å². The van der Waals surface area contributed by atoms with Gasteiger partial charge in [0.2, 0.25) is 0 Å². The van der Waals surface area contributed by atoms with E-state index in [0.717, 1.165) is 0 Å². The minimum absolute atomic E-state index is 0.0270. The number of rotatable bonds is 5. The zero-order valence-corrected chi connectivity index (χ0v) is 10.6. The summed E-state index contributed by atoms with van der Waals surface area (Å²) in [4.78, 5) is -0.0857. The molecule has 0 heterocycles. The second-order valence-corrected chi connectivity index (χ2v) is 4.92. The largest absolute Gasteiger partial charge is 0.446 e. The Balaban J connectivity index is 2.67. The molecule has 0 aliphatic carbocycles. The van der Waals surface area contributed by atoms with Gasteiger partial charge in [-0.3, -0.25) is 0 Å². The van der Waals surface area contributed by atoms with Crippen LogP contribution in [0.25, 0.3) is 0 Å². The molecule has 0 saturated heterocycles. The van der Waals surface area contributed by atoms with Gasteiger partial charge in [0, 0.05) is 17.1 Å². The first-order chi connectivity index (χ1) is 8.31. The molecule has 1 atom stereocenters. The quantitative estimate of drug-likeness (QED) is 0.732. The third-order valence-electron chi connectivity index (χ3n) is 1.91. The average molecular weight is 302 g/mol. The minimum Gasteiger partial charge on any atom is -0.394 e. The number of hydrogen-bond acceptors (Lipinski definition) is 4. The van der Waals surface area contributed by atoms with Gasteiger partial charge in [0.15, 0.2) is 0 Å². The number of thioether (sulfide) groups is 1. The van der Waals surface area contributed by atoms with E-state index in [2.05, 4.69) is 5.32 Å². The second-order valence-electron chi connectivity index (χ2n) is 3.41. The molecular weight excluding hydrogens is 291 g/mol. The van der Waals surface area contributed by atoms with Gasteiger partial charge in [-0.1, -0.05) is 11.6 Å². The van der Waals surface area contributed by atoms with Gasteiger partial charge >= 0.3 is 5.51 Å². The van der Waals surface area contributed by atoms with Crippen LogP contribution in [0.1, 0.15) is 0 Å². The molecule has 0 aliphatic rings. The predicted molar refractivity (Wildman–Crippen MR) is 64.9 cm³/mol. The fourth-order valence-corrected chi connectivity index (χ4v) is 1.96. The molecule has 1 aromatic rings. The van der Waals surface area contributed by atoms with Crippen LogP contribution in [-0.2, 0) is 0 Å². The Bertz CT molecular complexity index is 403. The summed E-state index contributed by atoms with van der Waals surface area (Å²) in [5, 5.41) is 20.4.